The van der Waals surface area contributed by atoms with E-state index in [4.69, 9.17) is 4.74 Å². The molecule has 2 heterocycles. The number of likely N-dealkylation sites (tertiary alicyclic amines) is 1. The smallest absolute Gasteiger partial charge is 0.222 e. The second kappa shape index (κ2) is 11.0. The molecule has 0 spiro atoms. The van der Waals surface area contributed by atoms with Crippen molar-refractivity contribution in [2.45, 2.75) is 32.1 Å². The van der Waals surface area contributed by atoms with Crippen molar-refractivity contribution in [1.29, 1.82) is 0 Å². The molecule has 156 valence electrons. The molecule has 1 aliphatic rings. The van der Waals surface area contributed by atoms with Crippen LogP contribution in [0, 0.1) is 5.92 Å². The molecule has 0 aliphatic carbocycles. The molecule has 0 bridgehead atoms. The number of benzene rings is 1. The minimum absolute atomic E-state index is 0.214. The average molecular weight is 396 g/mol. The first-order chi connectivity index (χ1) is 14.1. The molecular formula is C24H33N3O2. The van der Waals surface area contributed by atoms with Gasteiger partial charge in [0.05, 0.1) is 7.11 Å². The third kappa shape index (κ3) is 6.86. The van der Waals surface area contributed by atoms with Crippen LogP contribution in [0.4, 0.5) is 0 Å². The lowest BCUT2D eigenvalue weighted by Crippen LogP contribution is -2.42. The number of amides is 1. The minimum atomic E-state index is 0.214. The quantitative estimate of drug-likeness (QED) is 0.653. The largest absolute Gasteiger partial charge is 0.497 e. The highest BCUT2D eigenvalue weighted by Gasteiger charge is 2.22. The van der Waals surface area contributed by atoms with Gasteiger partial charge in [0, 0.05) is 45.0 Å². The Morgan fingerprint density at radius 3 is 2.76 bits per heavy atom. The van der Waals surface area contributed by atoms with E-state index < -0.39 is 0 Å². The van der Waals surface area contributed by atoms with E-state index in [0.29, 0.717) is 18.8 Å². The number of piperidine rings is 1. The lowest BCUT2D eigenvalue weighted by atomic mass is 9.97. The van der Waals surface area contributed by atoms with Gasteiger partial charge in [-0.25, -0.2) is 0 Å². The summed E-state index contributed by atoms with van der Waals surface area (Å²) in [5, 5.41) is 0. The molecule has 1 amide bonds. The Labute approximate surface area is 174 Å². The van der Waals surface area contributed by atoms with E-state index >= 15 is 0 Å². The number of rotatable bonds is 9. The van der Waals surface area contributed by atoms with Crippen LogP contribution in [0.15, 0.2) is 48.7 Å². The van der Waals surface area contributed by atoms with E-state index in [2.05, 4.69) is 22.0 Å². The van der Waals surface area contributed by atoms with Crippen molar-refractivity contribution in [3.8, 4) is 5.75 Å². The van der Waals surface area contributed by atoms with Crippen molar-refractivity contribution in [2.24, 2.45) is 5.92 Å². The Morgan fingerprint density at radius 2 is 2.03 bits per heavy atom. The van der Waals surface area contributed by atoms with E-state index in [1.165, 1.54) is 18.4 Å². The maximum atomic E-state index is 12.5. The van der Waals surface area contributed by atoms with E-state index in [9.17, 15) is 4.79 Å². The normalized spacial score (nSPS) is 17.1. The van der Waals surface area contributed by atoms with Crippen molar-refractivity contribution in [3.63, 3.8) is 0 Å². The molecule has 2 aromatic rings. The van der Waals surface area contributed by atoms with E-state index in [1.807, 2.05) is 42.3 Å². The standard InChI is InChI=1S/C24H33N3O2/c1-26(24(28)13-10-22-7-3-4-15-25-22)18-21-6-5-16-27(19-21)17-14-20-8-11-23(29-2)12-9-20/h3-4,7-9,11-12,15,21H,5-6,10,13-14,16-19H2,1-2H3/t21-/m0/s1. The number of carbonyl (C=O) groups is 1. The van der Waals surface area contributed by atoms with Gasteiger partial charge < -0.3 is 14.5 Å². The summed E-state index contributed by atoms with van der Waals surface area (Å²) in [6, 6.07) is 14.2. The van der Waals surface area contributed by atoms with E-state index in [0.717, 1.165) is 44.0 Å². The number of carbonyl (C=O) groups excluding carboxylic acids is 1. The Hall–Kier alpha value is -2.40. The van der Waals surface area contributed by atoms with Gasteiger partial charge in [-0.1, -0.05) is 18.2 Å². The van der Waals surface area contributed by atoms with Gasteiger partial charge in [-0.3, -0.25) is 9.78 Å². The van der Waals surface area contributed by atoms with E-state index in [1.54, 1.807) is 13.3 Å². The molecule has 3 rings (SSSR count). The van der Waals surface area contributed by atoms with Gasteiger partial charge in [0.1, 0.15) is 5.75 Å². The van der Waals surface area contributed by atoms with Crippen LogP contribution < -0.4 is 4.74 Å². The zero-order valence-electron chi connectivity index (χ0n) is 17.7. The van der Waals surface area contributed by atoms with Crippen LogP contribution in [-0.4, -0.2) is 61.0 Å². The molecule has 0 unspecified atom stereocenters. The maximum absolute atomic E-state index is 12.5. The fourth-order valence-electron chi connectivity index (χ4n) is 4.04. The van der Waals surface area contributed by atoms with Crippen LogP contribution in [0.3, 0.4) is 0 Å². The Bertz CT molecular complexity index is 748. The average Bonchev–Trinajstić information content (AvgIpc) is 2.77. The van der Waals surface area contributed by atoms with Gasteiger partial charge in [0.25, 0.3) is 0 Å². The predicted octanol–water partition coefficient (Wildman–Crippen LogP) is 3.44. The van der Waals surface area contributed by atoms with Crippen molar-refractivity contribution in [3.05, 3.63) is 59.9 Å². The zero-order chi connectivity index (χ0) is 20.5. The Balaban J connectivity index is 1.40. The van der Waals surface area contributed by atoms with Gasteiger partial charge >= 0.3 is 0 Å². The maximum Gasteiger partial charge on any atom is 0.222 e. The molecule has 1 aliphatic heterocycles. The van der Waals surface area contributed by atoms with Crippen LogP contribution in [0.25, 0.3) is 0 Å². The number of methoxy groups -OCH3 is 1. The van der Waals surface area contributed by atoms with Crippen LogP contribution in [0.2, 0.25) is 0 Å². The zero-order valence-corrected chi connectivity index (χ0v) is 17.7. The van der Waals surface area contributed by atoms with Crippen LogP contribution in [0.1, 0.15) is 30.5 Å². The van der Waals surface area contributed by atoms with Gasteiger partial charge in [0.15, 0.2) is 0 Å². The molecule has 1 fully saturated rings. The molecule has 1 aromatic heterocycles. The summed E-state index contributed by atoms with van der Waals surface area (Å²) in [6.45, 7) is 4.15. The van der Waals surface area contributed by atoms with Gasteiger partial charge in [-0.15, -0.1) is 0 Å². The second-order valence-corrected chi connectivity index (χ2v) is 8.00. The molecule has 5 heteroatoms. The summed E-state index contributed by atoms with van der Waals surface area (Å²) in [7, 11) is 3.64. The lowest BCUT2D eigenvalue weighted by Gasteiger charge is -2.34. The lowest BCUT2D eigenvalue weighted by molar-refractivity contribution is -0.130. The number of pyridine rings is 1. The molecule has 1 saturated heterocycles. The predicted molar refractivity (Wildman–Crippen MR) is 116 cm³/mol. The molecule has 29 heavy (non-hydrogen) atoms. The third-order valence-corrected chi connectivity index (χ3v) is 5.76. The van der Waals surface area contributed by atoms with Crippen molar-refractivity contribution in [2.75, 3.05) is 40.3 Å². The Kier molecular flexibility index (Phi) is 8.05. The summed E-state index contributed by atoms with van der Waals surface area (Å²) < 4.78 is 5.23. The molecule has 1 atom stereocenters. The summed E-state index contributed by atoms with van der Waals surface area (Å²) >= 11 is 0. The summed E-state index contributed by atoms with van der Waals surface area (Å²) in [5.74, 6) is 1.68. The minimum Gasteiger partial charge on any atom is -0.497 e. The Morgan fingerprint density at radius 1 is 1.21 bits per heavy atom. The highest BCUT2D eigenvalue weighted by Crippen LogP contribution is 2.19. The van der Waals surface area contributed by atoms with Gasteiger partial charge in [-0.2, -0.15) is 0 Å². The topological polar surface area (TPSA) is 45.7 Å². The SMILES string of the molecule is COc1ccc(CCN2CCC[C@@H](CN(C)C(=O)CCc3ccccn3)C2)cc1. The number of ether oxygens (including phenoxy) is 1. The van der Waals surface area contributed by atoms with Gasteiger partial charge in [0.2, 0.25) is 5.91 Å². The fraction of sp³-hybridized carbons (Fsp3) is 0.500. The van der Waals surface area contributed by atoms with Gasteiger partial charge in [-0.05, 0) is 68.0 Å². The molecule has 0 N–H and O–H groups in total. The highest BCUT2D eigenvalue weighted by atomic mass is 16.5. The molecule has 0 radical (unpaired) electrons. The molecular weight excluding hydrogens is 362 g/mol. The number of aromatic nitrogens is 1. The van der Waals surface area contributed by atoms with E-state index in [-0.39, 0.29) is 5.91 Å². The number of hydrogen-bond donors (Lipinski definition) is 0. The fourth-order valence-corrected chi connectivity index (χ4v) is 4.04. The van der Waals surface area contributed by atoms with Crippen LogP contribution >= 0.6 is 0 Å². The number of hydrogen-bond acceptors (Lipinski definition) is 4. The summed E-state index contributed by atoms with van der Waals surface area (Å²) in [4.78, 5) is 21.3. The first-order valence-electron chi connectivity index (χ1n) is 10.6. The highest BCUT2D eigenvalue weighted by molar-refractivity contribution is 5.76. The number of nitrogens with zero attached hydrogens (tertiary/aromatic N) is 3. The molecule has 5 nitrogen and oxygen atoms in total. The van der Waals surface area contributed by atoms with Crippen molar-refractivity contribution >= 4 is 5.91 Å². The second-order valence-electron chi connectivity index (χ2n) is 8.00. The van der Waals surface area contributed by atoms with Crippen molar-refractivity contribution in [1.82, 2.24) is 14.8 Å². The molecule has 1 aromatic carbocycles. The summed E-state index contributed by atoms with van der Waals surface area (Å²) in [5.41, 5.74) is 2.33. The third-order valence-electron chi connectivity index (χ3n) is 5.76. The number of aryl methyl sites for hydroxylation is 1. The monoisotopic (exact) mass is 395 g/mol. The first-order valence-corrected chi connectivity index (χ1v) is 10.6. The molecule has 0 saturated carbocycles. The first kappa shape index (κ1) is 21.3. The summed E-state index contributed by atoms with van der Waals surface area (Å²) in [6.07, 6.45) is 6.49. The van der Waals surface area contributed by atoms with Crippen LogP contribution in [0.5, 0.6) is 5.75 Å². The van der Waals surface area contributed by atoms with Crippen LogP contribution in [-0.2, 0) is 17.6 Å². The van der Waals surface area contributed by atoms with Crippen molar-refractivity contribution < 1.29 is 9.53 Å².